The molecular weight excluding hydrogens is 238 g/mol. The van der Waals surface area contributed by atoms with Gasteiger partial charge in [-0.2, -0.15) is 5.10 Å². The van der Waals surface area contributed by atoms with Gasteiger partial charge in [0.25, 0.3) is 0 Å². The number of benzene rings is 1. The van der Waals surface area contributed by atoms with Gasteiger partial charge in [0.1, 0.15) is 0 Å². The molecule has 0 fully saturated rings. The predicted octanol–water partition coefficient (Wildman–Crippen LogP) is 2.07. The van der Waals surface area contributed by atoms with Gasteiger partial charge in [0, 0.05) is 25.5 Å². The number of aliphatic hydroxyl groups is 1. The molecule has 0 unspecified atom stereocenters. The Kier molecular flexibility index (Phi) is 4.02. The SMILES string of the molecule is CN(Cc1cccc(-n2cccn2)c1)CC(C)(C)O. The number of hydrogen-bond donors (Lipinski definition) is 1. The fraction of sp³-hybridized carbons (Fsp3) is 0.400. The number of nitrogens with zero attached hydrogens (tertiary/aromatic N) is 3. The van der Waals surface area contributed by atoms with E-state index in [1.54, 1.807) is 6.20 Å². The van der Waals surface area contributed by atoms with Crippen LogP contribution >= 0.6 is 0 Å². The molecule has 0 radical (unpaired) electrons. The van der Waals surface area contributed by atoms with E-state index in [9.17, 15) is 5.11 Å². The average molecular weight is 259 g/mol. The second-order valence-electron chi connectivity index (χ2n) is 5.61. The molecule has 4 heteroatoms. The zero-order valence-corrected chi connectivity index (χ0v) is 11.7. The number of likely N-dealkylation sites (N-methyl/N-ethyl adjacent to an activating group) is 1. The van der Waals surface area contributed by atoms with Gasteiger partial charge in [-0.15, -0.1) is 0 Å². The molecule has 2 aromatic rings. The molecule has 4 nitrogen and oxygen atoms in total. The lowest BCUT2D eigenvalue weighted by Gasteiger charge is -2.25. The summed E-state index contributed by atoms with van der Waals surface area (Å²) in [5.41, 5.74) is 1.59. The molecule has 2 rings (SSSR count). The summed E-state index contributed by atoms with van der Waals surface area (Å²) in [6.07, 6.45) is 3.70. The lowest BCUT2D eigenvalue weighted by molar-refractivity contribution is 0.0425. The van der Waals surface area contributed by atoms with Gasteiger partial charge < -0.3 is 5.11 Å². The maximum absolute atomic E-state index is 9.82. The first-order valence-corrected chi connectivity index (χ1v) is 6.44. The Morgan fingerprint density at radius 3 is 2.74 bits per heavy atom. The smallest absolute Gasteiger partial charge is 0.0718 e. The van der Waals surface area contributed by atoms with Crippen LogP contribution in [0, 0.1) is 0 Å². The molecule has 0 bridgehead atoms. The van der Waals surface area contributed by atoms with E-state index < -0.39 is 5.60 Å². The van der Waals surface area contributed by atoms with E-state index in [1.165, 1.54) is 5.56 Å². The molecule has 1 aromatic heterocycles. The van der Waals surface area contributed by atoms with Crippen molar-refractivity contribution < 1.29 is 5.11 Å². The van der Waals surface area contributed by atoms with Gasteiger partial charge in [0.15, 0.2) is 0 Å². The Morgan fingerprint density at radius 2 is 2.11 bits per heavy atom. The Hall–Kier alpha value is -1.65. The first-order chi connectivity index (χ1) is 8.94. The van der Waals surface area contributed by atoms with E-state index in [0.717, 1.165) is 12.2 Å². The average Bonchev–Trinajstić information content (AvgIpc) is 2.79. The Bertz CT molecular complexity index is 514. The van der Waals surface area contributed by atoms with Gasteiger partial charge in [0.05, 0.1) is 11.3 Å². The Balaban J connectivity index is 2.07. The van der Waals surface area contributed by atoms with E-state index in [0.29, 0.717) is 6.54 Å². The van der Waals surface area contributed by atoms with E-state index in [2.05, 4.69) is 22.1 Å². The fourth-order valence-electron chi connectivity index (χ4n) is 2.25. The number of rotatable bonds is 5. The van der Waals surface area contributed by atoms with Crippen LogP contribution in [0.5, 0.6) is 0 Å². The highest BCUT2D eigenvalue weighted by molar-refractivity contribution is 5.34. The molecular formula is C15H21N3O. The highest BCUT2D eigenvalue weighted by Crippen LogP contribution is 2.12. The topological polar surface area (TPSA) is 41.3 Å². The fourth-order valence-corrected chi connectivity index (χ4v) is 2.25. The van der Waals surface area contributed by atoms with Crippen LogP contribution in [0.15, 0.2) is 42.7 Å². The first kappa shape index (κ1) is 13.8. The lowest BCUT2D eigenvalue weighted by Crippen LogP contribution is -2.35. The van der Waals surface area contributed by atoms with E-state index >= 15 is 0 Å². The summed E-state index contributed by atoms with van der Waals surface area (Å²) >= 11 is 0. The maximum Gasteiger partial charge on any atom is 0.0718 e. The summed E-state index contributed by atoms with van der Waals surface area (Å²) in [6.45, 7) is 5.09. The summed E-state index contributed by atoms with van der Waals surface area (Å²) in [5, 5.41) is 14.0. The van der Waals surface area contributed by atoms with E-state index in [-0.39, 0.29) is 0 Å². The molecule has 1 N–H and O–H groups in total. The molecule has 102 valence electrons. The van der Waals surface area contributed by atoms with Crippen LogP contribution in [0.3, 0.4) is 0 Å². The van der Waals surface area contributed by atoms with Crippen molar-refractivity contribution in [3.63, 3.8) is 0 Å². The van der Waals surface area contributed by atoms with Crippen LogP contribution < -0.4 is 0 Å². The van der Waals surface area contributed by atoms with Crippen molar-refractivity contribution >= 4 is 0 Å². The summed E-state index contributed by atoms with van der Waals surface area (Å²) in [5.74, 6) is 0. The van der Waals surface area contributed by atoms with Crippen molar-refractivity contribution in [1.29, 1.82) is 0 Å². The molecule has 0 aliphatic heterocycles. The van der Waals surface area contributed by atoms with Crippen molar-refractivity contribution in [1.82, 2.24) is 14.7 Å². The lowest BCUT2D eigenvalue weighted by atomic mass is 10.1. The largest absolute Gasteiger partial charge is 0.389 e. The highest BCUT2D eigenvalue weighted by Gasteiger charge is 2.15. The normalized spacial score (nSPS) is 12.1. The number of hydrogen-bond acceptors (Lipinski definition) is 3. The van der Waals surface area contributed by atoms with Crippen molar-refractivity contribution in [2.45, 2.75) is 26.0 Å². The van der Waals surface area contributed by atoms with Crippen LogP contribution in [-0.2, 0) is 6.54 Å². The quantitative estimate of drug-likeness (QED) is 0.893. The third-order valence-electron chi connectivity index (χ3n) is 2.79. The summed E-state index contributed by atoms with van der Waals surface area (Å²) < 4.78 is 1.85. The third kappa shape index (κ3) is 4.19. The van der Waals surface area contributed by atoms with Crippen LogP contribution in [0.25, 0.3) is 5.69 Å². The molecule has 1 heterocycles. The van der Waals surface area contributed by atoms with Gasteiger partial charge in [-0.1, -0.05) is 12.1 Å². The van der Waals surface area contributed by atoms with Crippen molar-refractivity contribution in [3.8, 4) is 5.69 Å². The highest BCUT2D eigenvalue weighted by atomic mass is 16.3. The molecule has 0 aliphatic carbocycles. The zero-order chi connectivity index (χ0) is 13.9. The molecule has 0 spiro atoms. The monoisotopic (exact) mass is 259 g/mol. The van der Waals surface area contributed by atoms with Crippen molar-refractivity contribution in [2.24, 2.45) is 0 Å². The van der Waals surface area contributed by atoms with Crippen LogP contribution in [0.2, 0.25) is 0 Å². The van der Waals surface area contributed by atoms with Crippen LogP contribution in [-0.4, -0.2) is 39.0 Å². The molecule has 0 saturated heterocycles. The van der Waals surface area contributed by atoms with Gasteiger partial charge in [-0.05, 0) is 44.7 Å². The Labute approximate surface area is 114 Å². The van der Waals surface area contributed by atoms with Gasteiger partial charge >= 0.3 is 0 Å². The summed E-state index contributed by atoms with van der Waals surface area (Å²) in [7, 11) is 2.01. The minimum atomic E-state index is -0.672. The molecule has 1 aromatic carbocycles. The molecule has 0 amide bonds. The third-order valence-corrected chi connectivity index (χ3v) is 2.79. The number of aromatic nitrogens is 2. The second kappa shape index (κ2) is 5.55. The minimum absolute atomic E-state index is 0.638. The standard InChI is InChI=1S/C15H21N3O/c1-15(2,19)12-17(3)11-13-6-4-7-14(10-13)18-9-5-8-16-18/h4-10,19H,11-12H2,1-3H3. The molecule has 19 heavy (non-hydrogen) atoms. The van der Waals surface area contributed by atoms with Crippen LogP contribution in [0.1, 0.15) is 19.4 Å². The molecule has 0 aliphatic rings. The predicted molar refractivity (Wildman–Crippen MR) is 76.2 cm³/mol. The first-order valence-electron chi connectivity index (χ1n) is 6.44. The van der Waals surface area contributed by atoms with Crippen LogP contribution in [0.4, 0.5) is 0 Å². The van der Waals surface area contributed by atoms with E-state index in [1.807, 2.05) is 50.0 Å². The summed E-state index contributed by atoms with van der Waals surface area (Å²) in [4.78, 5) is 2.11. The van der Waals surface area contributed by atoms with Gasteiger partial charge in [0.2, 0.25) is 0 Å². The maximum atomic E-state index is 9.82. The van der Waals surface area contributed by atoms with E-state index in [4.69, 9.17) is 0 Å². The zero-order valence-electron chi connectivity index (χ0n) is 11.7. The minimum Gasteiger partial charge on any atom is -0.389 e. The molecule has 0 saturated carbocycles. The van der Waals surface area contributed by atoms with Gasteiger partial charge in [-0.25, -0.2) is 4.68 Å². The summed E-state index contributed by atoms with van der Waals surface area (Å²) in [6, 6.07) is 10.2. The molecule has 0 atom stereocenters. The van der Waals surface area contributed by atoms with Gasteiger partial charge in [-0.3, -0.25) is 4.90 Å². The van der Waals surface area contributed by atoms with Crippen molar-refractivity contribution in [3.05, 3.63) is 48.3 Å². The van der Waals surface area contributed by atoms with Crippen molar-refractivity contribution in [2.75, 3.05) is 13.6 Å². The second-order valence-corrected chi connectivity index (χ2v) is 5.61. The Morgan fingerprint density at radius 1 is 1.32 bits per heavy atom.